The van der Waals surface area contributed by atoms with Crippen LogP contribution in [0, 0.1) is 19.7 Å². The lowest BCUT2D eigenvalue weighted by molar-refractivity contribution is 0.0954. The van der Waals surface area contributed by atoms with Gasteiger partial charge in [0.15, 0.2) is 0 Å². The van der Waals surface area contributed by atoms with Crippen molar-refractivity contribution < 1.29 is 9.18 Å². The third-order valence-corrected chi connectivity index (χ3v) is 6.47. The van der Waals surface area contributed by atoms with Crippen molar-refractivity contribution in [1.82, 2.24) is 19.3 Å². The molecule has 0 aliphatic carbocycles. The van der Waals surface area contributed by atoms with Gasteiger partial charge in [0.1, 0.15) is 15.5 Å². The number of hydrogen-bond donors (Lipinski definition) is 1. The molecular weight excluding hydrogens is 455 g/mol. The Morgan fingerprint density at radius 1 is 1.19 bits per heavy atom. The molecule has 0 aliphatic rings. The first-order valence-electron chi connectivity index (χ1n) is 9.64. The molecule has 0 saturated carbocycles. The molecule has 0 spiro atoms. The molecule has 10 heteroatoms. The van der Waals surface area contributed by atoms with Gasteiger partial charge < -0.3 is 5.32 Å². The van der Waals surface area contributed by atoms with Gasteiger partial charge in [0.25, 0.3) is 11.5 Å². The molecular formula is C22H18ClFN4O3S. The summed E-state index contributed by atoms with van der Waals surface area (Å²) in [7, 11) is 0. The van der Waals surface area contributed by atoms with Gasteiger partial charge in [0, 0.05) is 30.2 Å². The highest BCUT2D eigenvalue weighted by Crippen LogP contribution is 2.19. The smallest absolute Gasteiger partial charge is 0.336 e. The minimum absolute atomic E-state index is 0.0418. The molecule has 0 fully saturated rings. The molecule has 0 radical (unpaired) electrons. The van der Waals surface area contributed by atoms with E-state index in [1.807, 2.05) is 13.0 Å². The third kappa shape index (κ3) is 4.21. The van der Waals surface area contributed by atoms with E-state index in [9.17, 15) is 18.8 Å². The van der Waals surface area contributed by atoms with E-state index in [2.05, 4.69) is 10.3 Å². The lowest BCUT2D eigenvalue weighted by Crippen LogP contribution is -2.38. The highest BCUT2D eigenvalue weighted by Gasteiger charge is 2.18. The Hall–Kier alpha value is -3.30. The van der Waals surface area contributed by atoms with Crippen molar-refractivity contribution in [2.24, 2.45) is 0 Å². The van der Waals surface area contributed by atoms with Crippen LogP contribution >= 0.6 is 22.9 Å². The van der Waals surface area contributed by atoms with Crippen LogP contribution in [0.1, 0.15) is 32.1 Å². The average molecular weight is 473 g/mol. The molecule has 0 bridgehead atoms. The number of carbonyl (C=O) groups excluding carboxylic acids is 1. The van der Waals surface area contributed by atoms with Gasteiger partial charge in [-0.25, -0.2) is 9.18 Å². The number of thiazole rings is 1. The van der Waals surface area contributed by atoms with Crippen LogP contribution in [-0.4, -0.2) is 19.9 Å². The van der Waals surface area contributed by atoms with E-state index in [4.69, 9.17) is 11.6 Å². The Morgan fingerprint density at radius 2 is 1.97 bits per heavy atom. The lowest BCUT2D eigenvalue weighted by atomic mass is 10.2. The molecule has 0 unspecified atom stereocenters. The molecule has 0 atom stereocenters. The Balaban J connectivity index is 1.66. The maximum Gasteiger partial charge on any atom is 0.336 e. The molecule has 0 saturated heterocycles. The highest BCUT2D eigenvalue weighted by atomic mass is 35.5. The molecule has 3 aromatic heterocycles. The first kappa shape index (κ1) is 21.9. The summed E-state index contributed by atoms with van der Waals surface area (Å²) in [6, 6.07) is 7.78. The number of halogens is 2. The molecule has 32 heavy (non-hydrogen) atoms. The quantitative estimate of drug-likeness (QED) is 0.483. The van der Waals surface area contributed by atoms with Gasteiger partial charge in [-0.1, -0.05) is 17.7 Å². The summed E-state index contributed by atoms with van der Waals surface area (Å²) in [6.45, 7) is 3.64. The topological polar surface area (TPSA) is 85.5 Å². The van der Waals surface area contributed by atoms with Crippen LogP contribution in [0.25, 0.3) is 4.83 Å². The van der Waals surface area contributed by atoms with E-state index in [0.29, 0.717) is 27.4 Å². The van der Waals surface area contributed by atoms with Gasteiger partial charge in [-0.15, -0.1) is 11.3 Å². The second-order valence-electron chi connectivity index (χ2n) is 7.31. The fraction of sp³-hybridized carbons (Fsp3) is 0.182. The maximum absolute atomic E-state index is 13.8. The Bertz CT molecular complexity index is 1470. The Morgan fingerprint density at radius 3 is 2.69 bits per heavy atom. The largest absolute Gasteiger partial charge is 0.347 e. The van der Waals surface area contributed by atoms with Gasteiger partial charge in [-0.05, 0) is 49.2 Å². The maximum atomic E-state index is 13.8. The van der Waals surface area contributed by atoms with E-state index in [1.165, 1.54) is 22.7 Å². The zero-order valence-electron chi connectivity index (χ0n) is 17.2. The summed E-state index contributed by atoms with van der Waals surface area (Å²) in [6.07, 6.45) is 3.08. The number of nitrogens with one attached hydrogen (secondary N) is 1. The number of amides is 1. The predicted molar refractivity (Wildman–Crippen MR) is 121 cm³/mol. The van der Waals surface area contributed by atoms with Crippen LogP contribution in [0.3, 0.4) is 0 Å². The summed E-state index contributed by atoms with van der Waals surface area (Å²) in [4.78, 5) is 43.3. The van der Waals surface area contributed by atoms with E-state index in [-0.39, 0.29) is 17.5 Å². The number of pyridine rings is 1. The Kier molecular flexibility index (Phi) is 5.94. The summed E-state index contributed by atoms with van der Waals surface area (Å²) in [5.74, 6) is -0.986. The van der Waals surface area contributed by atoms with Crippen LogP contribution in [0.4, 0.5) is 4.39 Å². The fourth-order valence-electron chi connectivity index (χ4n) is 3.31. The summed E-state index contributed by atoms with van der Waals surface area (Å²) < 4.78 is 16.1. The Labute approximate surface area is 190 Å². The first-order valence-corrected chi connectivity index (χ1v) is 10.8. The number of aryl methyl sites for hydroxylation is 2. The number of aromatic nitrogens is 3. The standard InChI is InChI=1S/C22H18ClFN4O3S/c1-12-7-14(5-6-25-12)9-26-19(29)18-11-28-21(32-18)13(2)20(30)27(22(28)31)10-15-3-4-16(23)17(24)8-15/h3-8,11H,9-10H2,1-2H3,(H,26,29). The molecule has 4 aromatic rings. The van der Waals surface area contributed by atoms with Gasteiger partial charge in [-0.3, -0.25) is 23.5 Å². The van der Waals surface area contributed by atoms with E-state index in [1.54, 1.807) is 25.3 Å². The first-order chi connectivity index (χ1) is 15.2. The zero-order chi connectivity index (χ0) is 23.0. The number of rotatable bonds is 5. The van der Waals surface area contributed by atoms with Crippen molar-refractivity contribution in [1.29, 1.82) is 0 Å². The van der Waals surface area contributed by atoms with E-state index >= 15 is 0 Å². The number of benzene rings is 1. The molecule has 3 heterocycles. The molecule has 4 rings (SSSR count). The number of carbonyl (C=O) groups is 1. The lowest BCUT2D eigenvalue weighted by Gasteiger charge is -2.08. The molecule has 1 amide bonds. The monoisotopic (exact) mass is 472 g/mol. The van der Waals surface area contributed by atoms with Gasteiger partial charge in [-0.2, -0.15) is 0 Å². The van der Waals surface area contributed by atoms with E-state index in [0.717, 1.165) is 27.2 Å². The molecule has 0 aliphatic heterocycles. The van der Waals surface area contributed by atoms with Crippen molar-refractivity contribution in [2.45, 2.75) is 26.9 Å². The predicted octanol–water partition coefficient (Wildman–Crippen LogP) is 3.31. The third-order valence-electron chi connectivity index (χ3n) is 4.96. The van der Waals surface area contributed by atoms with Gasteiger partial charge >= 0.3 is 5.69 Å². The summed E-state index contributed by atoms with van der Waals surface area (Å²) in [5, 5.41) is 2.77. The van der Waals surface area contributed by atoms with Crippen molar-refractivity contribution in [3.05, 3.63) is 102 Å². The summed E-state index contributed by atoms with van der Waals surface area (Å²) >= 11 is 6.77. The minimum Gasteiger partial charge on any atom is -0.347 e. The van der Waals surface area contributed by atoms with Crippen LogP contribution in [0.15, 0.2) is 52.3 Å². The van der Waals surface area contributed by atoms with Crippen LogP contribution < -0.4 is 16.6 Å². The van der Waals surface area contributed by atoms with Crippen molar-refractivity contribution in [2.75, 3.05) is 0 Å². The highest BCUT2D eigenvalue weighted by molar-refractivity contribution is 7.19. The van der Waals surface area contributed by atoms with Crippen LogP contribution in [-0.2, 0) is 13.1 Å². The zero-order valence-corrected chi connectivity index (χ0v) is 18.8. The van der Waals surface area contributed by atoms with Crippen LogP contribution in [0.2, 0.25) is 5.02 Å². The fourth-order valence-corrected chi connectivity index (χ4v) is 4.43. The minimum atomic E-state index is -0.631. The van der Waals surface area contributed by atoms with E-state index < -0.39 is 17.1 Å². The second kappa shape index (κ2) is 8.68. The van der Waals surface area contributed by atoms with Crippen LogP contribution in [0.5, 0.6) is 0 Å². The van der Waals surface area contributed by atoms with Gasteiger partial charge in [0.2, 0.25) is 0 Å². The molecule has 1 aromatic carbocycles. The SMILES string of the molecule is Cc1cc(CNC(=O)c2cn3c(=O)n(Cc4ccc(Cl)c(F)c4)c(=O)c(C)c3s2)ccn1. The number of nitrogens with zero attached hydrogens (tertiary/aromatic N) is 3. The van der Waals surface area contributed by atoms with Crippen molar-refractivity contribution in [3.63, 3.8) is 0 Å². The van der Waals surface area contributed by atoms with Crippen molar-refractivity contribution in [3.8, 4) is 0 Å². The van der Waals surface area contributed by atoms with Gasteiger partial charge in [0.05, 0.1) is 11.6 Å². The average Bonchev–Trinajstić information content (AvgIpc) is 3.22. The van der Waals surface area contributed by atoms with Crippen molar-refractivity contribution >= 4 is 33.7 Å². The number of hydrogen-bond acceptors (Lipinski definition) is 5. The second-order valence-corrected chi connectivity index (χ2v) is 8.74. The normalized spacial score (nSPS) is 11.1. The number of fused-ring (bicyclic) bond motifs is 1. The molecule has 7 nitrogen and oxygen atoms in total. The molecule has 1 N–H and O–H groups in total. The molecule has 164 valence electrons. The summed E-state index contributed by atoms with van der Waals surface area (Å²) in [5.41, 5.74) is 1.39.